The fourth-order valence-electron chi connectivity index (χ4n) is 3.17. The van der Waals surface area contributed by atoms with Gasteiger partial charge in [-0.2, -0.15) is 0 Å². The minimum atomic E-state index is -1.83. The van der Waals surface area contributed by atoms with E-state index in [1.54, 1.807) is 5.57 Å². The summed E-state index contributed by atoms with van der Waals surface area (Å²) in [5, 5.41) is 0. The van der Waals surface area contributed by atoms with Crippen LogP contribution in [0.2, 0.25) is 14.8 Å². The van der Waals surface area contributed by atoms with Crippen LogP contribution >= 0.6 is 0 Å². The van der Waals surface area contributed by atoms with Crippen LogP contribution in [0.1, 0.15) is 38.5 Å². The van der Waals surface area contributed by atoms with Crippen LogP contribution in [-0.2, 0) is 4.79 Å². The maximum atomic E-state index is 11.2. The molecule has 0 N–H and O–H groups in total. The van der Waals surface area contributed by atoms with Crippen molar-refractivity contribution in [3.63, 3.8) is 0 Å². The monoisotopic (exact) mass is 340 g/mol. The third-order valence-corrected chi connectivity index (χ3v) is 11.0. The van der Waals surface area contributed by atoms with Gasteiger partial charge in [-0.3, -0.25) is 0 Å². The molecule has 0 saturated heterocycles. The summed E-state index contributed by atoms with van der Waals surface area (Å²) in [6, 6.07) is 0. The third kappa shape index (κ3) is 3.46. The zero-order valence-electron chi connectivity index (χ0n) is 11.4. The van der Waals surface area contributed by atoms with E-state index in [0.717, 1.165) is 12.8 Å². The van der Waals surface area contributed by atoms with Crippen LogP contribution in [0.5, 0.6) is 0 Å². The van der Waals surface area contributed by atoms with Gasteiger partial charge in [-0.05, 0) is 0 Å². The predicted molar refractivity (Wildman–Crippen MR) is 75.7 cm³/mol. The topological polar surface area (TPSA) is 17.1 Å². The van der Waals surface area contributed by atoms with E-state index in [9.17, 15) is 4.79 Å². The number of ketones is 1. The molecule has 0 radical (unpaired) electrons. The third-order valence-electron chi connectivity index (χ3n) is 4.06. The molecule has 1 atom stereocenters. The molecule has 2 aliphatic rings. The van der Waals surface area contributed by atoms with Gasteiger partial charge in [-0.15, -0.1) is 0 Å². The molecule has 2 heteroatoms. The van der Waals surface area contributed by atoms with Gasteiger partial charge >= 0.3 is 110 Å². The van der Waals surface area contributed by atoms with Gasteiger partial charge < -0.3 is 0 Å². The van der Waals surface area contributed by atoms with E-state index in [1.165, 1.54) is 25.7 Å². The van der Waals surface area contributed by atoms with E-state index in [2.05, 4.69) is 20.9 Å². The average molecular weight is 339 g/mol. The van der Waals surface area contributed by atoms with Gasteiger partial charge in [0.25, 0.3) is 0 Å². The Labute approximate surface area is 109 Å². The second-order valence-corrected chi connectivity index (χ2v) is 21.1. The first-order chi connectivity index (χ1) is 7.97. The van der Waals surface area contributed by atoms with Crippen molar-refractivity contribution < 1.29 is 4.79 Å². The Kier molecular flexibility index (Phi) is 4.17. The van der Waals surface area contributed by atoms with Gasteiger partial charge in [0.2, 0.25) is 0 Å². The van der Waals surface area contributed by atoms with Gasteiger partial charge in [0.05, 0.1) is 0 Å². The summed E-state index contributed by atoms with van der Waals surface area (Å²) in [5.74, 6) is 0.960. The number of carbonyl (C=O) groups excluding carboxylic acids is 1. The SMILES string of the molecule is [CH3][Sn]([CH3])([CH3])[C]1=C(CC2C=CC(=O)CC2)CCC1. The van der Waals surface area contributed by atoms with E-state index < -0.39 is 18.4 Å². The van der Waals surface area contributed by atoms with E-state index in [1.807, 2.05) is 9.67 Å². The molecular formula is C15H24OSn. The Morgan fingerprint density at radius 3 is 2.59 bits per heavy atom. The van der Waals surface area contributed by atoms with Crippen molar-refractivity contribution in [2.75, 3.05) is 0 Å². The molecule has 17 heavy (non-hydrogen) atoms. The van der Waals surface area contributed by atoms with Gasteiger partial charge in [0.1, 0.15) is 0 Å². The Hall–Kier alpha value is -0.0513. The van der Waals surface area contributed by atoms with Crippen LogP contribution in [0.4, 0.5) is 0 Å². The van der Waals surface area contributed by atoms with E-state index in [0.29, 0.717) is 11.7 Å². The summed E-state index contributed by atoms with van der Waals surface area (Å²) in [6.07, 6.45) is 11.2. The van der Waals surface area contributed by atoms with Crippen molar-refractivity contribution in [1.29, 1.82) is 0 Å². The first-order valence-electron chi connectivity index (χ1n) is 6.89. The van der Waals surface area contributed by atoms with Gasteiger partial charge in [-0.25, -0.2) is 0 Å². The van der Waals surface area contributed by atoms with Crippen LogP contribution in [0.15, 0.2) is 21.3 Å². The molecule has 0 saturated carbocycles. The van der Waals surface area contributed by atoms with E-state index in [4.69, 9.17) is 0 Å². The fraction of sp³-hybridized carbons (Fsp3) is 0.667. The number of hydrogen-bond acceptors (Lipinski definition) is 1. The molecule has 94 valence electrons. The Bertz CT molecular complexity index is 371. The summed E-state index contributed by atoms with van der Waals surface area (Å²) >= 11 is -1.83. The molecule has 0 aromatic rings. The Morgan fingerprint density at radius 1 is 1.24 bits per heavy atom. The molecule has 0 aliphatic heterocycles. The van der Waals surface area contributed by atoms with Crippen molar-refractivity contribution in [2.45, 2.75) is 53.3 Å². The van der Waals surface area contributed by atoms with E-state index >= 15 is 0 Å². The molecule has 0 aromatic carbocycles. The summed E-state index contributed by atoms with van der Waals surface area (Å²) in [5.41, 5.74) is 1.78. The zero-order chi connectivity index (χ0) is 12.5. The Morgan fingerprint density at radius 2 is 2.00 bits per heavy atom. The van der Waals surface area contributed by atoms with Crippen molar-refractivity contribution in [3.05, 3.63) is 21.3 Å². The summed E-state index contributed by atoms with van der Waals surface area (Å²) in [4.78, 5) is 18.8. The van der Waals surface area contributed by atoms with Crippen LogP contribution in [0.3, 0.4) is 0 Å². The van der Waals surface area contributed by atoms with Crippen molar-refractivity contribution in [3.8, 4) is 0 Å². The van der Waals surface area contributed by atoms with Gasteiger partial charge in [0, 0.05) is 0 Å². The molecule has 0 aromatic heterocycles. The van der Waals surface area contributed by atoms with Crippen LogP contribution < -0.4 is 0 Å². The molecule has 0 bridgehead atoms. The molecule has 1 unspecified atom stereocenters. The number of hydrogen-bond donors (Lipinski definition) is 0. The maximum absolute atomic E-state index is 11.2. The van der Waals surface area contributed by atoms with Gasteiger partial charge in [-0.1, -0.05) is 0 Å². The molecule has 2 aliphatic carbocycles. The molecule has 0 spiro atoms. The minimum absolute atomic E-state index is 0.317. The number of allylic oxidation sites excluding steroid dienone is 4. The zero-order valence-corrected chi connectivity index (χ0v) is 14.2. The average Bonchev–Trinajstić information content (AvgIpc) is 2.69. The van der Waals surface area contributed by atoms with Crippen molar-refractivity contribution in [2.24, 2.45) is 5.92 Å². The molecular weight excluding hydrogens is 315 g/mol. The molecule has 0 heterocycles. The van der Waals surface area contributed by atoms with Crippen LogP contribution in [0.25, 0.3) is 0 Å². The second kappa shape index (κ2) is 5.29. The second-order valence-electron chi connectivity index (χ2n) is 6.51. The number of rotatable bonds is 3. The van der Waals surface area contributed by atoms with Crippen LogP contribution in [0, 0.1) is 5.92 Å². The summed E-state index contributed by atoms with van der Waals surface area (Å²) in [7, 11) is 0. The van der Waals surface area contributed by atoms with E-state index in [-0.39, 0.29) is 0 Å². The summed E-state index contributed by atoms with van der Waals surface area (Å²) < 4.78 is 1.89. The first kappa shape index (κ1) is 13.4. The predicted octanol–water partition coefficient (Wildman–Crippen LogP) is 4.27. The fourth-order valence-corrected chi connectivity index (χ4v) is 9.49. The van der Waals surface area contributed by atoms with Crippen LogP contribution in [-0.4, -0.2) is 24.2 Å². The molecule has 2 rings (SSSR count). The standard InChI is InChI=1S/C12H15O.3CH3.Sn/c13-12-7-5-11(6-8-12)9-10-3-1-2-4-10;;;;/h5,7,11H,1-3,6,8-9H2;3*1H3;. The van der Waals surface area contributed by atoms with Gasteiger partial charge in [0.15, 0.2) is 0 Å². The molecule has 0 amide bonds. The summed E-state index contributed by atoms with van der Waals surface area (Å²) in [6.45, 7) is 0. The quantitative estimate of drug-likeness (QED) is 0.702. The molecule has 1 nitrogen and oxygen atoms in total. The van der Waals surface area contributed by atoms with Crippen molar-refractivity contribution in [1.82, 2.24) is 0 Å². The first-order valence-corrected chi connectivity index (χ1v) is 16.9. The number of carbonyl (C=O) groups is 1. The molecule has 0 fully saturated rings. The normalized spacial score (nSPS) is 25.8. The Balaban J connectivity index is 2.07. The van der Waals surface area contributed by atoms with Crippen molar-refractivity contribution >= 4 is 24.2 Å².